The zero-order valence-electron chi connectivity index (χ0n) is 14.4. The van der Waals surface area contributed by atoms with Gasteiger partial charge in [0.1, 0.15) is 0 Å². The highest BCUT2D eigenvalue weighted by atomic mass is 16.5. The Bertz CT molecular complexity index is 686. The van der Waals surface area contributed by atoms with Crippen molar-refractivity contribution in [1.82, 2.24) is 5.32 Å². The number of amides is 2. The second-order valence-electron chi connectivity index (χ2n) is 5.29. The van der Waals surface area contributed by atoms with Crippen molar-refractivity contribution in [3.63, 3.8) is 0 Å². The van der Waals surface area contributed by atoms with Crippen molar-refractivity contribution in [2.24, 2.45) is 0 Å². The number of carbonyl (C=O) groups excluding carboxylic acids is 1. The topological polar surface area (TPSA) is 59.6 Å². The fourth-order valence-electron chi connectivity index (χ4n) is 2.58. The summed E-state index contributed by atoms with van der Waals surface area (Å²) in [5, 5.41) is 5.77. The lowest BCUT2D eigenvalue weighted by molar-refractivity contribution is 0.252. The van der Waals surface area contributed by atoms with E-state index in [1.807, 2.05) is 42.5 Å². The van der Waals surface area contributed by atoms with Crippen LogP contribution in [0.25, 0.3) is 0 Å². The lowest BCUT2D eigenvalue weighted by Crippen LogP contribution is -2.30. The molecular formula is C19H24N2O3. The quantitative estimate of drug-likeness (QED) is 0.816. The lowest BCUT2D eigenvalue weighted by atomic mass is 10.1. The number of anilines is 1. The van der Waals surface area contributed by atoms with E-state index in [0.717, 1.165) is 23.2 Å². The maximum Gasteiger partial charge on any atom is 0.319 e. The summed E-state index contributed by atoms with van der Waals surface area (Å²) < 4.78 is 10.7. The number of hydrogen-bond donors (Lipinski definition) is 2. The van der Waals surface area contributed by atoms with Crippen molar-refractivity contribution in [3.8, 4) is 11.5 Å². The standard InChI is InChI=1S/C19H24N2O3/c1-4-14-8-5-6-10-16(14)21-19(22)20-13-12-15-9-7-11-17(23-2)18(15)24-3/h5-11H,4,12-13H2,1-3H3,(H2,20,21,22). The Labute approximate surface area is 143 Å². The van der Waals surface area contributed by atoms with E-state index in [2.05, 4.69) is 17.6 Å². The Morgan fingerprint density at radius 3 is 2.46 bits per heavy atom. The number of methoxy groups -OCH3 is 2. The number of nitrogens with one attached hydrogen (secondary N) is 2. The van der Waals surface area contributed by atoms with Crippen molar-refractivity contribution in [1.29, 1.82) is 0 Å². The van der Waals surface area contributed by atoms with E-state index in [9.17, 15) is 4.79 Å². The SMILES string of the molecule is CCc1ccccc1NC(=O)NCCc1cccc(OC)c1OC. The van der Waals surface area contributed by atoms with Gasteiger partial charge in [0, 0.05) is 12.2 Å². The molecule has 24 heavy (non-hydrogen) atoms. The van der Waals surface area contributed by atoms with Gasteiger partial charge in [-0.05, 0) is 36.1 Å². The Morgan fingerprint density at radius 1 is 1.00 bits per heavy atom. The molecule has 0 bridgehead atoms. The summed E-state index contributed by atoms with van der Waals surface area (Å²) in [5.74, 6) is 1.40. The number of carbonyl (C=O) groups is 1. The first-order valence-corrected chi connectivity index (χ1v) is 8.02. The average molecular weight is 328 g/mol. The van der Waals surface area contributed by atoms with Gasteiger partial charge in [-0.3, -0.25) is 0 Å². The van der Waals surface area contributed by atoms with Crippen molar-refractivity contribution in [3.05, 3.63) is 53.6 Å². The van der Waals surface area contributed by atoms with Gasteiger partial charge in [-0.25, -0.2) is 4.79 Å². The average Bonchev–Trinajstić information content (AvgIpc) is 2.61. The molecule has 5 heteroatoms. The molecule has 2 amide bonds. The molecule has 128 valence electrons. The molecule has 0 saturated carbocycles. The second-order valence-corrected chi connectivity index (χ2v) is 5.29. The minimum absolute atomic E-state index is 0.210. The van der Waals surface area contributed by atoms with Crippen LogP contribution in [0.2, 0.25) is 0 Å². The third kappa shape index (κ3) is 4.41. The Balaban J connectivity index is 1.91. The predicted octanol–water partition coefficient (Wildman–Crippen LogP) is 3.63. The maximum atomic E-state index is 12.1. The zero-order chi connectivity index (χ0) is 17.4. The molecule has 0 aliphatic carbocycles. The highest BCUT2D eigenvalue weighted by molar-refractivity contribution is 5.90. The number of rotatable bonds is 7. The van der Waals surface area contributed by atoms with Gasteiger partial charge in [0.2, 0.25) is 0 Å². The maximum absolute atomic E-state index is 12.1. The molecule has 2 aromatic carbocycles. The molecule has 0 heterocycles. The number of hydrogen-bond acceptors (Lipinski definition) is 3. The summed E-state index contributed by atoms with van der Waals surface area (Å²) >= 11 is 0. The summed E-state index contributed by atoms with van der Waals surface area (Å²) in [7, 11) is 3.22. The summed E-state index contributed by atoms with van der Waals surface area (Å²) in [6.07, 6.45) is 1.53. The first-order chi connectivity index (χ1) is 11.7. The van der Waals surface area contributed by atoms with Gasteiger partial charge in [-0.15, -0.1) is 0 Å². The van der Waals surface area contributed by atoms with Crippen LogP contribution in [-0.4, -0.2) is 26.8 Å². The molecule has 0 atom stereocenters. The first kappa shape index (κ1) is 17.7. The Hall–Kier alpha value is -2.69. The fourth-order valence-corrected chi connectivity index (χ4v) is 2.58. The molecule has 0 fully saturated rings. The number of para-hydroxylation sites is 2. The van der Waals surface area contributed by atoms with Crippen LogP contribution < -0.4 is 20.1 Å². The molecular weight excluding hydrogens is 304 g/mol. The Morgan fingerprint density at radius 2 is 1.75 bits per heavy atom. The largest absolute Gasteiger partial charge is 0.493 e. The third-order valence-corrected chi connectivity index (χ3v) is 3.81. The van der Waals surface area contributed by atoms with Gasteiger partial charge in [-0.1, -0.05) is 37.3 Å². The van der Waals surface area contributed by atoms with E-state index in [1.165, 1.54) is 0 Å². The van der Waals surface area contributed by atoms with Crippen LogP contribution in [0, 0.1) is 0 Å². The molecule has 0 aliphatic rings. The molecule has 2 N–H and O–H groups in total. The van der Waals surface area contributed by atoms with E-state index in [1.54, 1.807) is 14.2 Å². The van der Waals surface area contributed by atoms with Gasteiger partial charge >= 0.3 is 6.03 Å². The zero-order valence-corrected chi connectivity index (χ0v) is 14.4. The van der Waals surface area contributed by atoms with E-state index >= 15 is 0 Å². The van der Waals surface area contributed by atoms with E-state index in [0.29, 0.717) is 24.5 Å². The summed E-state index contributed by atoms with van der Waals surface area (Å²) in [6.45, 7) is 2.57. The van der Waals surface area contributed by atoms with Gasteiger partial charge in [0.05, 0.1) is 14.2 Å². The van der Waals surface area contributed by atoms with Crippen LogP contribution >= 0.6 is 0 Å². The third-order valence-electron chi connectivity index (χ3n) is 3.81. The predicted molar refractivity (Wildman–Crippen MR) is 96.1 cm³/mol. The smallest absolute Gasteiger partial charge is 0.319 e. The Kier molecular flexibility index (Phi) is 6.49. The van der Waals surface area contributed by atoms with Crippen LogP contribution in [0.4, 0.5) is 10.5 Å². The number of urea groups is 1. The molecule has 0 saturated heterocycles. The van der Waals surface area contributed by atoms with Crippen molar-refractivity contribution >= 4 is 11.7 Å². The van der Waals surface area contributed by atoms with Crippen LogP contribution in [-0.2, 0) is 12.8 Å². The van der Waals surface area contributed by atoms with E-state index in [4.69, 9.17) is 9.47 Å². The highest BCUT2D eigenvalue weighted by Crippen LogP contribution is 2.30. The summed E-state index contributed by atoms with van der Waals surface area (Å²) in [5.41, 5.74) is 2.95. The van der Waals surface area contributed by atoms with Crippen LogP contribution in [0.1, 0.15) is 18.1 Å². The number of ether oxygens (including phenoxy) is 2. The normalized spacial score (nSPS) is 10.1. The second kappa shape index (κ2) is 8.82. The van der Waals surface area contributed by atoms with Crippen LogP contribution in [0.3, 0.4) is 0 Å². The van der Waals surface area contributed by atoms with Gasteiger partial charge < -0.3 is 20.1 Å². The molecule has 0 spiro atoms. The van der Waals surface area contributed by atoms with Crippen molar-refractivity contribution in [2.45, 2.75) is 19.8 Å². The molecule has 5 nitrogen and oxygen atoms in total. The molecule has 2 rings (SSSR count). The first-order valence-electron chi connectivity index (χ1n) is 8.02. The number of benzene rings is 2. The van der Waals surface area contributed by atoms with Gasteiger partial charge in [0.25, 0.3) is 0 Å². The fraction of sp³-hybridized carbons (Fsp3) is 0.316. The van der Waals surface area contributed by atoms with Crippen molar-refractivity contribution < 1.29 is 14.3 Å². The summed E-state index contributed by atoms with van der Waals surface area (Å²) in [6, 6.07) is 13.3. The minimum atomic E-state index is -0.210. The molecule has 0 aliphatic heterocycles. The van der Waals surface area contributed by atoms with Crippen LogP contribution in [0.15, 0.2) is 42.5 Å². The van der Waals surface area contributed by atoms with Gasteiger partial charge in [0.15, 0.2) is 11.5 Å². The number of aryl methyl sites for hydroxylation is 1. The minimum Gasteiger partial charge on any atom is -0.493 e. The molecule has 0 aromatic heterocycles. The molecule has 0 unspecified atom stereocenters. The highest BCUT2D eigenvalue weighted by Gasteiger charge is 2.10. The lowest BCUT2D eigenvalue weighted by Gasteiger charge is -2.13. The molecule has 2 aromatic rings. The van der Waals surface area contributed by atoms with Crippen molar-refractivity contribution in [2.75, 3.05) is 26.1 Å². The summed E-state index contributed by atoms with van der Waals surface area (Å²) in [4.78, 5) is 12.1. The molecule has 0 radical (unpaired) electrons. The van der Waals surface area contributed by atoms with Gasteiger partial charge in [-0.2, -0.15) is 0 Å². The van der Waals surface area contributed by atoms with E-state index < -0.39 is 0 Å². The monoisotopic (exact) mass is 328 g/mol. The van der Waals surface area contributed by atoms with E-state index in [-0.39, 0.29) is 6.03 Å². The van der Waals surface area contributed by atoms with Crippen LogP contribution in [0.5, 0.6) is 11.5 Å².